The number of ketones is 1. The van der Waals surface area contributed by atoms with Gasteiger partial charge in [-0.2, -0.15) is 0 Å². The third-order valence-corrected chi connectivity index (χ3v) is 4.01. The Labute approximate surface area is 99.4 Å². The summed E-state index contributed by atoms with van der Waals surface area (Å²) in [5, 5.41) is 0. The molecule has 0 atom stereocenters. The molecule has 0 bridgehead atoms. The molecule has 0 aliphatic heterocycles. The van der Waals surface area contributed by atoms with Gasteiger partial charge in [0, 0.05) is 11.3 Å². The van der Waals surface area contributed by atoms with Gasteiger partial charge in [-0.1, -0.05) is 25.4 Å². The molecule has 0 fully saturated rings. The zero-order chi connectivity index (χ0) is 11.5. The highest BCUT2D eigenvalue weighted by atomic mass is 35.5. The van der Waals surface area contributed by atoms with E-state index in [1.807, 2.05) is 26.0 Å². The summed E-state index contributed by atoms with van der Waals surface area (Å²) in [6.07, 6.45) is 1.76. The van der Waals surface area contributed by atoms with Crippen LogP contribution in [0.2, 0.25) is 4.34 Å². The minimum Gasteiger partial charge on any atom is -0.319 e. The van der Waals surface area contributed by atoms with Crippen LogP contribution in [0.1, 0.15) is 31.6 Å². The summed E-state index contributed by atoms with van der Waals surface area (Å²) in [6.45, 7) is 3.89. The summed E-state index contributed by atoms with van der Waals surface area (Å²) in [6, 6.07) is 3.70. The van der Waals surface area contributed by atoms with Crippen molar-refractivity contribution < 1.29 is 4.79 Å². The lowest BCUT2D eigenvalue weighted by Crippen LogP contribution is -2.47. The molecular weight excluding hydrogens is 230 g/mol. The standard InChI is InChI=1S/C11H16ClNOS/c1-3-11(13,4-2)9(14)7-8-5-6-10(12)15-8/h5-6H,3-4,7,13H2,1-2H3. The lowest BCUT2D eigenvalue weighted by molar-refractivity contribution is -0.123. The molecule has 0 amide bonds. The Morgan fingerprint density at radius 3 is 2.47 bits per heavy atom. The van der Waals surface area contributed by atoms with Crippen molar-refractivity contribution in [2.75, 3.05) is 0 Å². The maximum atomic E-state index is 11.9. The number of hydrogen-bond acceptors (Lipinski definition) is 3. The number of halogens is 1. The average Bonchev–Trinajstić information content (AvgIpc) is 2.62. The average molecular weight is 246 g/mol. The first kappa shape index (κ1) is 12.7. The number of thiophene rings is 1. The Kier molecular flexibility index (Phi) is 4.32. The van der Waals surface area contributed by atoms with Crippen LogP contribution in [0.5, 0.6) is 0 Å². The maximum absolute atomic E-state index is 11.9. The van der Waals surface area contributed by atoms with Gasteiger partial charge >= 0.3 is 0 Å². The molecule has 0 spiro atoms. The van der Waals surface area contributed by atoms with Gasteiger partial charge in [0.05, 0.1) is 9.88 Å². The number of carbonyl (C=O) groups is 1. The zero-order valence-electron chi connectivity index (χ0n) is 9.05. The summed E-state index contributed by atoms with van der Waals surface area (Å²) < 4.78 is 0.716. The molecule has 4 heteroatoms. The fraction of sp³-hybridized carbons (Fsp3) is 0.545. The zero-order valence-corrected chi connectivity index (χ0v) is 10.6. The topological polar surface area (TPSA) is 43.1 Å². The van der Waals surface area contributed by atoms with Crippen molar-refractivity contribution in [2.24, 2.45) is 5.73 Å². The van der Waals surface area contributed by atoms with Gasteiger partial charge in [-0.05, 0) is 25.0 Å². The van der Waals surface area contributed by atoms with E-state index in [9.17, 15) is 4.79 Å². The summed E-state index contributed by atoms with van der Waals surface area (Å²) >= 11 is 7.24. The molecular formula is C11H16ClNOS. The van der Waals surface area contributed by atoms with Gasteiger partial charge in [0.25, 0.3) is 0 Å². The van der Waals surface area contributed by atoms with E-state index in [1.54, 1.807) is 0 Å². The highest BCUT2D eigenvalue weighted by Gasteiger charge is 2.29. The highest BCUT2D eigenvalue weighted by Crippen LogP contribution is 2.24. The molecule has 0 aliphatic rings. The smallest absolute Gasteiger partial charge is 0.157 e. The van der Waals surface area contributed by atoms with Gasteiger partial charge in [0.1, 0.15) is 0 Å². The fourth-order valence-electron chi connectivity index (χ4n) is 1.43. The Morgan fingerprint density at radius 2 is 2.07 bits per heavy atom. The summed E-state index contributed by atoms with van der Waals surface area (Å²) in [7, 11) is 0. The van der Waals surface area contributed by atoms with Crippen molar-refractivity contribution in [1.82, 2.24) is 0 Å². The Balaban J connectivity index is 2.70. The Morgan fingerprint density at radius 1 is 1.47 bits per heavy atom. The lowest BCUT2D eigenvalue weighted by atomic mass is 9.87. The predicted molar refractivity (Wildman–Crippen MR) is 65.5 cm³/mol. The monoisotopic (exact) mass is 245 g/mol. The van der Waals surface area contributed by atoms with Crippen molar-refractivity contribution in [3.63, 3.8) is 0 Å². The van der Waals surface area contributed by atoms with Crippen LogP contribution in [0.4, 0.5) is 0 Å². The largest absolute Gasteiger partial charge is 0.319 e. The van der Waals surface area contributed by atoms with E-state index in [1.165, 1.54) is 11.3 Å². The molecule has 1 aromatic heterocycles. The van der Waals surface area contributed by atoms with E-state index < -0.39 is 5.54 Å². The van der Waals surface area contributed by atoms with Gasteiger partial charge in [0.2, 0.25) is 0 Å². The quantitative estimate of drug-likeness (QED) is 0.867. The van der Waals surface area contributed by atoms with Crippen molar-refractivity contribution in [3.8, 4) is 0 Å². The summed E-state index contributed by atoms with van der Waals surface area (Å²) in [5.41, 5.74) is 5.35. The Hall–Kier alpha value is -0.380. The normalized spacial score (nSPS) is 11.7. The molecule has 0 saturated heterocycles. The van der Waals surface area contributed by atoms with Crippen LogP contribution in [-0.4, -0.2) is 11.3 Å². The highest BCUT2D eigenvalue weighted by molar-refractivity contribution is 7.16. The first-order valence-electron chi connectivity index (χ1n) is 5.08. The second kappa shape index (κ2) is 5.10. The van der Waals surface area contributed by atoms with E-state index in [0.29, 0.717) is 23.6 Å². The second-order valence-corrected chi connectivity index (χ2v) is 5.47. The van der Waals surface area contributed by atoms with Crippen LogP contribution >= 0.6 is 22.9 Å². The Bertz CT molecular complexity index is 344. The molecule has 1 aromatic rings. The molecule has 15 heavy (non-hydrogen) atoms. The SMILES string of the molecule is CCC(N)(CC)C(=O)Cc1ccc(Cl)s1. The minimum atomic E-state index is -0.670. The number of carbonyl (C=O) groups excluding carboxylic acids is 1. The van der Waals surface area contributed by atoms with E-state index >= 15 is 0 Å². The van der Waals surface area contributed by atoms with Gasteiger partial charge in [-0.3, -0.25) is 4.79 Å². The van der Waals surface area contributed by atoms with E-state index in [2.05, 4.69) is 0 Å². The van der Waals surface area contributed by atoms with E-state index in [-0.39, 0.29) is 5.78 Å². The van der Waals surface area contributed by atoms with Crippen molar-refractivity contribution >= 4 is 28.7 Å². The van der Waals surface area contributed by atoms with Gasteiger partial charge in [-0.15, -0.1) is 11.3 Å². The van der Waals surface area contributed by atoms with Crippen LogP contribution < -0.4 is 5.73 Å². The van der Waals surface area contributed by atoms with Gasteiger partial charge in [0.15, 0.2) is 5.78 Å². The first-order valence-corrected chi connectivity index (χ1v) is 6.27. The molecule has 0 aliphatic carbocycles. The fourth-order valence-corrected chi connectivity index (χ4v) is 2.51. The van der Waals surface area contributed by atoms with E-state index in [4.69, 9.17) is 17.3 Å². The molecule has 0 unspecified atom stereocenters. The number of nitrogens with two attached hydrogens (primary N) is 1. The van der Waals surface area contributed by atoms with Crippen molar-refractivity contribution in [3.05, 3.63) is 21.3 Å². The maximum Gasteiger partial charge on any atom is 0.157 e. The van der Waals surface area contributed by atoms with Gasteiger partial charge < -0.3 is 5.73 Å². The molecule has 1 heterocycles. The lowest BCUT2D eigenvalue weighted by Gasteiger charge is -2.24. The summed E-state index contributed by atoms with van der Waals surface area (Å²) in [4.78, 5) is 12.9. The van der Waals surface area contributed by atoms with Crippen LogP contribution in [0.3, 0.4) is 0 Å². The molecule has 0 saturated carbocycles. The molecule has 0 radical (unpaired) electrons. The minimum absolute atomic E-state index is 0.103. The second-order valence-electron chi connectivity index (χ2n) is 3.67. The summed E-state index contributed by atoms with van der Waals surface area (Å²) in [5.74, 6) is 0.103. The number of Topliss-reactive ketones (excluding diaryl/α,β-unsaturated/α-hetero) is 1. The number of hydrogen-bond donors (Lipinski definition) is 1. The number of rotatable bonds is 5. The van der Waals surface area contributed by atoms with Crippen molar-refractivity contribution in [2.45, 2.75) is 38.6 Å². The van der Waals surface area contributed by atoms with Crippen LogP contribution in [0.15, 0.2) is 12.1 Å². The predicted octanol–water partition coefficient (Wildman–Crippen LogP) is 3.03. The first-order chi connectivity index (χ1) is 7.01. The van der Waals surface area contributed by atoms with Gasteiger partial charge in [-0.25, -0.2) is 0 Å². The van der Waals surface area contributed by atoms with Crippen LogP contribution in [0, 0.1) is 0 Å². The molecule has 2 N–H and O–H groups in total. The molecule has 0 aromatic carbocycles. The van der Waals surface area contributed by atoms with Crippen LogP contribution in [0.25, 0.3) is 0 Å². The molecule has 1 rings (SSSR count). The van der Waals surface area contributed by atoms with E-state index in [0.717, 1.165) is 4.88 Å². The molecule has 2 nitrogen and oxygen atoms in total. The van der Waals surface area contributed by atoms with Crippen LogP contribution in [-0.2, 0) is 11.2 Å². The third-order valence-electron chi connectivity index (χ3n) is 2.78. The van der Waals surface area contributed by atoms with Crippen molar-refractivity contribution in [1.29, 1.82) is 0 Å². The molecule has 84 valence electrons. The third kappa shape index (κ3) is 3.03.